The largest absolute Gasteiger partial charge is 0.368 e. The first-order valence-corrected chi connectivity index (χ1v) is 10.5. The molecule has 7 nitrogen and oxygen atoms in total. The number of piperidine rings is 1. The Labute approximate surface area is 180 Å². The number of nitrogens with zero attached hydrogens (tertiary/aromatic N) is 4. The van der Waals surface area contributed by atoms with Gasteiger partial charge in [-0.2, -0.15) is 4.98 Å². The van der Waals surface area contributed by atoms with E-state index in [0.29, 0.717) is 16.0 Å². The third-order valence-electron chi connectivity index (χ3n) is 5.06. The lowest BCUT2D eigenvalue weighted by Crippen LogP contribution is -2.30. The summed E-state index contributed by atoms with van der Waals surface area (Å²) in [5, 5.41) is 7.92. The lowest BCUT2D eigenvalue weighted by molar-refractivity contribution is 0.376. The van der Waals surface area contributed by atoms with Crippen LogP contribution in [0, 0.1) is 0 Å². The molecule has 0 radical (unpaired) electrons. The first-order valence-electron chi connectivity index (χ1n) is 9.72. The summed E-state index contributed by atoms with van der Waals surface area (Å²) >= 11 is 12.4. The van der Waals surface area contributed by atoms with E-state index in [2.05, 4.69) is 45.9 Å². The van der Waals surface area contributed by atoms with Crippen molar-refractivity contribution < 1.29 is 0 Å². The number of nitrogen functional groups attached to an aromatic ring is 1. The van der Waals surface area contributed by atoms with Gasteiger partial charge in [0.25, 0.3) is 0 Å². The van der Waals surface area contributed by atoms with Crippen molar-refractivity contribution in [2.24, 2.45) is 0 Å². The van der Waals surface area contributed by atoms with Crippen LogP contribution in [0.15, 0.2) is 18.2 Å². The van der Waals surface area contributed by atoms with Gasteiger partial charge in [0.15, 0.2) is 5.65 Å². The van der Waals surface area contributed by atoms with Gasteiger partial charge in [-0.05, 0) is 44.1 Å². The third-order valence-corrected chi connectivity index (χ3v) is 5.50. The highest BCUT2D eigenvalue weighted by Gasteiger charge is 2.28. The van der Waals surface area contributed by atoms with Crippen LogP contribution < -0.4 is 16.4 Å². The van der Waals surface area contributed by atoms with Crippen molar-refractivity contribution in [2.45, 2.75) is 45.1 Å². The predicted molar refractivity (Wildman–Crippen MR) is 119 cm³/mol. The van der Waals surface area contributed by atoms with Gasteiger partial charge in [-0.1, -0.05) is 44.0 Å². The number of nitrogens with one attached hydrogen (secondary N) is 2. The molecule has 1 saturated heterocycles. The maximum absolute atomic E-state index is 6.19. The minimum absolute atomic E-state index is 0.223. The number of hydrogen-bond donors (Lipinski definition) is 3. The van der Waals surface area contributed by atoms with Gasteiger partial charge in [0, 0.05) is 27.2 Å². The normalized spacial score (nSPS) is 15.8. The molecule has 1 aromatic carbocycles. The Morgan fingerprint density at radius 2 is 1.72 bits per heavy atom. The highest BCUT2D eigenvalue weighted by Crippen LogP contribution is 2.35. The van der Waals surface area contributed by atoms with Gasteiger partial charge >= 0.3 is 0 Å². The summed E-state index contributed by atoms with van der Waals surface area (Å²) in [5.41, 5.74) is 8.99. The molecule has 0 aliphatic carbocycles. The third kappa shape index (κ3) is 4.13. The van der Waals surface area contributed by atoms with E-state index in [1.54, 1.807) is 6.07 Å². The van der Waals surface area contributed by atoms with Crippen LogP contribution in [-0.4, -0.2) is 32.6 Å². The Morgan fingerprint density at radius 1 is 1.07 bits per heavy atom. The number of halogens is 2. The van der Waals surface area contributed by atoms with Gasteiger partial charge in [-0.15, -0.1) is 0 Å². The number of fused-ring (bicyclic) bond motifs is 1. The van der Waals surface area contributed by atoms with Crippen LogP contribution in [0.1, 0.15) is 45.3 Å². The molecule has 4 rings (SSSR count). The number of aromatic nitrogens is 4. The molecule has 4 N–H and O–H groups in total. The zero-order chi connectivity index (χ0) is 20.8. The lowest BCUT2D eigenvalue weighted by atomic mass is 9.91. The fourth-order valence-electron chi connectivity index (χ4n) is 3.77. The second-order valence-corrected chi connectivity index (χ2v) is 9.30. The van der Waals surface area contributed by atoms with Crippen LogP contribution in [0.25, 0.3) is 11.2 Å². The minimum Gasteiger partial charge on any atom is -0.368 e. The molecule has 1 fully saturated rings. The quantitative estimate of drug-likeness (QED) is 0.554. The Balaban J connectivity index is 1.91. The summed E-state index contributed by atoms with van der Waals surface area (Å²) in [5.74, 6) is 0.950. The summed E-state index contributed by atoms with van der Waals surface area (Å²) in [6, 6.07) is 5.60. The smallest absolute Gasteiger partial charge is 0.222 e. The molecule has 0 bridgehead atoms. The van der Waals surface area contributed by atoms with E-state index in [9.17, 15) is 0 Å². The maximum atomic E-state index is 6.19. The summed E-state index contributed by atoms with van der Waals surface area (Å²) in [6.45, 7) is 8.18. The number of rotatable bonds is 3. The molecule has 0 unspecified atom stereocenters. The van der Waals surface area contributed by atoms with Crippen LogP contribution in [0.5, 0.6) is 0 Å². The van der Waals surface area contributed by atoms with Crippen LogP contribution in [0.3, 0.4) is 0 Å². The van der Waals surface area contributed by atoms with E-state index in [1.165, 1.54) is 0 Å². The molecule has 9 heteroatoms. The van der Waals surface area contributed by atoms with Crippen molar-refractivity contribution >= 4 is 51.9 Å². The van der Waals surface area contributed by atoms with E-state index < -0.39 is 0 Å². The van der Waals surface area contributed by atoms with E-state index in [4.69, 9.17) is 33.9 Å². The summed E-state index contributed by atoms with van der Waals surface area (Å²) in [6.07, 6.45) is 1.95. The second-order valence-electron chi connectivity index (χ2n) is 8.42. The van der Waals surface area contributed by atoms with Crippen molar-refractivity contribution in [3.63, 3.8) is 0 Å². The van der Waals surface area contributed by atoms with Gasteiger partial charge in [-0.25, -0.2) is 9.97 Å². The Hall–Kier alpha value is -2.09. The molecule has 1 aliphatic rings. The standard InChI is InChI=1S/C20H25Cl2N7/c1-20(2,3)16-15-17(28-18(23)27-16)29(14-4-6-24-7-5-14)19(26-15)25-13-9-11(21)8-12(22)10-13/h8-10,14,24H,4-7H2,1-3H3,(H,25,26)(H2,23,27,28). The van der Waals surface area contributed by atoms with Crippen LogP contribution in [0.2, 0.25) is 10.0 Å². The average Bonchev–Trinajstić information content (AvgIpc) is 2.97. The zero-order valence-electron chi connectivity index (χ0n) is 16.8. The fraction of sp³-hybridized carbons (Fsp3) is 0.450. The van der Waals surface area contributed by atoms with Crippen molar-refractivity contribution in [3.8, 4) is 0 Å². The van der Waals surface area contributed by atoms with Gasteiger partial charge in [0.1, 0.15) is 5.52 Å². The number of benzene rings is 1. The van der Waals surface area contributed by atoms with Crippen LogP contribution in [0.4, 0.5) is 17.6 Å². The van der Waals surface area contributed by atoms with Crippen molar-refractivity contribution in [2.75, 3.05) is 24.1 Å². The number of nitrogens with two attached hydrogens (primary N) is 1. The Bertz CT molecular complexity index is 1030. The summed E-state index contributed by atoms with van der Waals surface area (Å²) < 4.78 is 2.15. The second kappa shape index (κ2) is 7.63. The highest BCUT2D eigenvalue weighted by atomic mass is 35.5. The number of imidazole rings is 1. The van der Waals surface area contributed by atoms with E-state index in [1.807, 2.05) is 12.1 Å². The van der Waals surface area contributed by atoms with Gasteiger partial charge in [0.2, 0.25) is 11.9 Å². The Morgan fingerprint density at radius 3 is 2.34 bits per heavy atom. The van der Waals surface area contributed by atoms with E-state index in [0.717, 1.165) is 48.5 Å². The topological polar surface area (TPSA) is 93.7 Å². The molecule has 154 valence electrons. The lowest BCUT2D eigenvalue weighted by Gasteiger charge is -2.26. The monoisotopic (exact) mass is 433 g/mol. The predicted octanol–water partition coefficient (Wildman–Crippen LogP) is 4.68. The molecule has 0 amide bonds. The molecule has 0 spiro atoms. The van der Waals surface area contributed by atoms with Crippen molar-refractivity contribution in [1.29, 1.82) is 0 Å². The molecule has 1 aliphatic heterocycles. The molecule has 3 heterocycles. The molecule has 0 saturated carbocycles. The molecule has 0 atom stereocenters. The summed E-state index contributed by atoms with van der Waals surface area (Å²) in [7, 11) is 0. The van der Waals surface area contributed by atoms with E-state index >= 15 is 0 Å². The van der Waals surface area contributed by atoms with Crippen molar-refractivity contribution in [3.05, 3.63) is 33.9 Å². The van der Waals surface area contributed by atoms with Gasteiger partial charge in [0.05, 0.1) is 5.69 Å². The molecule has 3 aromatic rings. The average molecular weight is 434 g/mol. The highest BCUT2D eigenvalue weighted by molar-refractivity contribution is 6.35. The summed E-state index contributed by atoms with van der Waals surface area (Å²) in [4.78, 5) is 14.0. The molecular formula is C20H25Cl2N7. The fourth-order valence-corrected chi connectivity index (χ4v) is 4.29. The molecule has 29 heavy (non-hydrogen) atoms. The molecular weight excluding hydrogens is 409 g/mol. The van der Waals surface area contributed by atoms with Gasteiger partial charge < -0.3 is 16.4 Å². The first kappa shape index (κ1) is 20.2. The Kier molecular flexibility index (Phi) is 5.31. The van der Waals surface area contributed by atoms with Gasteiger partial charge in [-0.3, -0.25) is 4.57 Å². The number of anilines is 3. The first-order chi connectivity index (χ1) is 13.7. The van der Waals surface area contributed by atoms with Crippen LogP contribution >= 0.6 is 23.2 Å². The van der Waals surface area contributed by atoms with Crippen molar-refractivity contribution in [1.82, 2.24) is 24.8 Å². The number of hydrogen-bond acceptors (Lipinski definition) is 6. The SMILES string of the molecule is CC(C)(C)c1nc(N)nc2c1nc(Nc1cc(Cl)cc(Cl)c1)n2C1CCNCC1. The zero-order valence-corrected chi connectivity index (χ0v) is 18.3. The molecule has 2 aromatic heterocycles. The maximum Gasteiger partial charge on any atom is 0.222 e. The minimum atomic E-state index is -0.223. The van der Waals surface area contributed by atoms with Crippen LogP contribution in [-0.2, 0) is 5.41 Å². The van der Waals surface area contributed by atoms with E-state index in [-0.39, 0.29) is 17.4 Å².